The number of carbonyl (C=O) groups excluding carboxylic acids is 1. The molecule has 4 heteroatoms. The molecule has 1 aliphatic rings. The number of nitrogens with two attached hydrogens (primary N) is 1. The lowest BCUT2D eigenvalue weighted by Gasteiger charge is -2.34. The summed E-state index contributed by atoms with van der Waals surface area (Å²) in [7, 11) is 0. The molecule has 1 amide bonds. The minimum absolute atomic E-state index is 0.124. The topological polar surface area (TPSA) is 75.3 Å². The van der Waals surface area contributed by atoms with Crippen LogP contribution >= 0.6 is 0 Å². The number of carbonyl (C=O) groups is 1. The van der Waals surface area contributed by atoms with E-state index in [0.29, 0.717) is 24.6 Å². The van der Waals surface area contributed by atoms with Crippen molar-refractivity contribution in [1.82, 2.24) is 5.32 Å². The van der Waals surface area contributed by atoms with E-state index in [1.165, 1.54) is 0 Å². The van der Waals surface area contributed by atoms with Gasteiger partial charge in [-0.1, -0.05) is 19.1 Å². The van der Waals surface area contributed by atoms with Crippen molar-refractivity contribution in [2.75, 3.05) is 13.1 Å². The number of aliphatic hydroxyl groups is 1. The van der Waals surface area contributed by atoms with Crippen molar-refractivity contribution in [1.29, 1.82) is 0 Å². The first kappa shape index (κ1) is 16.0. The molecule has 0 atom stereocenters. The van der Waals surface area contributed by atoms with Crippen LogP contribution in [0.25, 0.3) is 0 Å². The molecule has 1 saturated carbocycles. The Bertz CT molecular complexity index is 462. The van der Waals surface area contributed by atoms with Crippen LogP contribution in [-0.4, -0.2) is 29.7 Å². The zero-order valence-corrected chi connectivity index (χ0v) is 12.8. The normalized spacial score (nSPS) is 25.6. The molecule has 0 unspecified atom stereocenters. The van der Waals surface area contributed by atoms with Crippen LogP contribution in [0.2, 0.25) is 0 Å². The van der Waals surface area contributed by atoms with E-state index in [1.54, 1.807) is 0 Å². The summed E-state index contributed by atoms with van der Waals surface area (Å²) in [5.74, 6) is 0.553. The Kier molecular flexibility index (Phi) is 5.37. The van der Waals surface area contributed by atoms with Crippen molar-refractivity contribution >= 4 is 5.91 Å². The molecule has 0 aromatic heterocycles. The summed E-state index contributed by atoms with van der Waals surface area (Å²) >= 11 is 0. The van der Waals surface area contributed by atoms with Crippen LogP contribution in [0.1, 0.15) is 48.5 Å². The molecule has 1 fully saturated rings. The largest absolute Gasteiger partial charge is 0.388 e. The number of nitrogens with one attached hydrogen (secondary N) is 1. The fourth-order valence-electron chi connectivity index (χ4n) is 2.81. The van der Waals surface area contributed by atoms with Crippen LogP contribution in [0.4, 0.5) is 0 Å². The SMILES string of the molecule is CC1CCC(O)(CNC(=O)c2ccc(CCN)cc2)CC1. The molecule has 0 heterocycles. The number of benzene rings is 1. The molecular formula is C17H26N2O2. The van der Waals surface area contributed by atoms with Crippen LogP contribution in [0.3, 0.4) is 0 Å². The predicted octanol–water partition coefficient (Wildman–Crippen LogP) is 1.86. The van der Waals surface area contributed by atoms with Gasteiger partial charge in [0.1, 0.15) is 0 Å². The summed E-state index contributed by atoms with van der Waals surface area (Å²) in [6.07, 6.45) is 4.41. The number of hydrogen-bond donors (Lipinski definition) is 3. The maximum atomic E-state index is 12.1. The first-order valence-corrected chi connectivity index (χ1v) is 7.82. The lowest BCUT2D eigenvalue weighted by molar-refractivity contribution is -0.00539. The van der Waals surface area contributed by atoms with Gasteiger partial charge >= 0.3 is 0 Å². The van der Waals surface area contributed by atoms with Gasteiger partial charge in [0.05, 0.1) is 5.60 Å². The number of hydrogen-bond acceptors (Lipinski definition) is 3. The minimum Gasteiger partial charge on any atom is -0.388 e. The highest BCUT2D eigenvalue weighted by Gasteiger charge is 2.32. The molecule has 4 nitrogen and oxygen atoms in total. The van der Waals surface area contributed by atoms with Crippen LogP contribution in [0.5, 0.6) is 0 Å². The van der Waals surface area contributed by atoms with Gasteiger partial charge in [-0.05, 0) is 62.3 Å². The van der Waals surface area contributed by atoms with Gasteiger partial charge in [0, 0.05) is 12.1 Å². The third-order valence-corrected chi connectivity index (χ3v) is 4.43. The van der Waals surface area contributed by atoms with Gasteiger partial charge in [-0.3, -0.25) is 4.79 Å². The van der Waals surface area contributed by atoms with Gasteiger partial charge in [-0.25, -0.2) is 0 Å². The van der Waals surface area contributed by atoms with E-state index in [4.69, 9.17) is 5.73 Å². The van der Waals surface area contributed by atoms with Gasteiger partial charge < -0.3 is 16.2 Å². The molecule has 21 heavy (non-hydrogen) atoms. The quantitative estimate of drug-likeness (QED) is 0.775. The molecule has 0 saturated heterocycles. The molecule has 2 rings (SSSR count). The molecular weight excluding hydrogens is 264 g/mol. The summed E-state index contributed by atoms with van der Waals surface area (Å²) in [6.45, 7) is 3.15. The Morgan fingerprint density at radius 2 is 1.95 bits per heavy atom. The van der Waals surface area contributed by atoms with Gasteiger partial charge in [-0.2, -0.15) is 0 Å². The van der Waals surface area contributed by atoms with Crippen molar-refractivity contribution in [3.63, 3.8) is 0 Å². The lowest BCUT2D eigenvalue weighted by Crippen LogP contribution is -2.45. The second kappa shape index (κ2) is 7.05. The monoisotopic (exact) mass is 290 g/mol. The van der Waals surface area contributed by atoms with Gasteiger partial charge in [0.15, 0.2) is 0 Å². The van der Waals surface area contributed by atoms with Crippen LogP contribution in [-0.2, 0) is 6.42 Å². The molecule has 1 aromatic carbocycles. The van der Waals surface area contributed by atoms with Crippen LogP contribution in [0.15, 0.2) is 24.3 Å². The summed E-state index contributed by atoms with van der Waals surface area (Å²) in [5.41, 5.74) is 6.53. The molecule has 0 spiro atoms. The van der Waals surface area contributed by atoms with Gasteiger partial charge in [0.25, 0.3) is 5.91 Å². The van der Waals surface area contributed by atoms with Crippen molar-refractivity contribution in [3.8, 4) is 0 Å². The molecule has 1 aliphatic carbocycles. The van der Waals surface area contributed by atoms with E-state index in [9.17, 15) is 9.90 Å². The van der Waals surface area contributed by atoms with Crippen LogP contribution < -0.4 is 11.1 Å². The van der Waals surface area contributed by atoms with E-state index in [0.717, 1.165) is 37.7 Å². The number of rotatable bonds is 5. The Morgan fingerprint density at radius 3 is 2.52 bits per heavy atom. The average Bonchev–Trinajstić information content (AvgIpc) is 2.49. The summed E-state index contributed by atoms with van der Waals surface area (Å²) < 4.78 is 0. The van der Waals surface area contributed by atoms with Crippen molar-refractivity contribution in [2.24, 2.45) is 11.7 Å². The highest BCUT2D eigenvalue weighted by atomic mass is 16.3. The summed E-state index contributed by atoms with van der Waals surface area (Å²) in [4.78, 5) is 12.1. The van der Waals surface area contributed by atoms with Crippen molar-refractivity contribution in [3.05, 3.63) is 35.4 Å². The fourth-order valence-corrected chi connectivity index (χ4v) is 2.81. The van der Waals surface area contributed by atoms with E-state index in [2.05, 4.69) is 12.2 Å². The van der Waals surface area contributed by atoms with E-state index >= 15 is 0 Å². The Morgan fingerprint density at radius 1 is 1.33 bits per heavy atom. The summed E-state index contributed by atoms with van der Waals surface area (Å²) in [5, 5.41) is 13.3. The zero-order valence-electron chi connectivity index (χ0n) is 12.8. The first-order valence-electron chi connectivity index (χ1n) is 7.82. The second-order valence-electron chi connectivity index (χ2n) is 6.33. The van der Waals surface area contributed by atoms with Crippen LogP contribution in [0, 0.1) is 5.92 Å². The van der Waals surface area contributed by atoms with E-state index < -0.39 is 5.60 Å². The molecule has 0 radical (unpaired) electrons. The molecule has 0 aliphatic heterocycles. The molecule has 0 bridgehead atoms. The maximum Gasteiger partial charge on any atom is 0.251 e. The highest BCUT2D eigenvalue weighted by Crippen LogP contribution is 2.31. The standard InChI is InChI=1S/C17H26N2O2/c1-13-6-9-17(21,10-7-13)12-19-16(20)15-4-2-14(3-5-15)8-11-18/h2-5,13,21H,6-12,18H2,1H3,(H,19,20). The average molecular weight is 290 g/mol. The van der Waals surface area contributed by atoms with Gasteiger partial charge in [0.2, 0.25) is 0 Å². The van der Waals surface area contributed by atoms with E-state index in [1.807, 2.05) is 24.3 Å². The Hall–Kier alpha value is -1.39. The third kappa shape index (κ3) is 4.55. The zero-order chi connectivity index (χ0) is 15.3. The Balaban J connectivity index is 1.86. The predicted molar refractivity (Wildman–Crippen MR) is 84.1 cm³/mol. The van der Waals surface area contributed by atoms with Crippen molar-refractivity contribution < 1.29 is 9.90 Å². The highest BCUT2D eigenvalue weighted by molar-refractivity contribution is 5.94. The molecule has 116 valence electrons. The third-order valence-electron chi connectivity index (χ3n) is 4.43. The number of amides is 1. The van der Waals surface area contributed by atoms with Crippen molar-refractivity contribution in [2.45, 2.75) is 44.6 Å². The van der Waals surface area contributed by atoms with Gasteiger partial charge in [-0.15, -0.1) is 0 Å². The molecule has 1 aromatic rings. The maximum absolute atomic E-state index is 12.1. The summed E-state index contributed by atoms with van der Waals surface area (Å²) in [6, 6.07) is 7.48. The fraction of sp³-hybridized carbons (Fsp3) is 0.588. The first-order chi connectivity index (χ1) is 10.0. The lowest BCUT2D eigenvalue weighted by atomic mass is 9.79. The van der Waals surface area contributed by atoms with E-state index in [-0.39, 0.29) is 5.91 Å². The Labute approximate surface area is 126 Å². The minimum atomic E-state index is -0.734. The second-order valence-corrected chi connectivity index (χ2v) is 6.33. The smallest absolute Gasteiger partial charge is 0.251 e. The molecule has 4 N–H and O–H groups in total.